The van der Waals surface area contributed by atoms with E-state index in [1.807, 2.05) is 18.2 Å². The van der Waals surface area contributed by atoms with Crippen molar-refractivity contribution in [3.05, 3.63) is 29.8 Å². The van der Waals surface area contributed by atoms with Crippen molar-refractivity contribution >= 4 is 11.9 Å². The van der Waals surface area contributed by atoms with Crippen molar-refractivity contribution in [1.82, 2.24) is 4.90 Å². The van der Waals surface area contributed by atoms with Crippen molar-refractivity contribution in [2.24, 2.45) is 5.92 Å². The lowest BCUT2D eigenvalue weighted by atomic mass is 10.0. The molecule has 0 aliphatic rings. The van der Waals surface area contributed by atoms with E-state index in [1.165, 1.54) is 4.90 Å². The van der Waals surface area contributed by atoms with Gasteiger partial charge in [0.25, 0.3) is 5.91 Å². The van der Waals surface area contributed by atoms with Crippen molar-refractivity contribution in [2.45, 2.75) is 26.7 Å². The van der Waals surface area contributed by atoms with Crippen LogP contribution >= 0.6 is 0 Å². The van der Waals surface area contributed by atoms with Gasteiger partial charge in [0.2, 0.25) is 0 Å². The Labute approximate surface area is 125 Å². The van der Waals surface area contributed by atoms with Crippen molar-refractivity contribution in [2.75, 3.05) is 20.2 Å². The molecule has 1 aromatic rings. The zero-order valence-electron chi connectivity index (χ0n) is 13.0. The van der Waals surface area contributed by atoms with Gasteiger partial charge in [-0.25, -0.2) is 0 Å². The molecule has 0 saturated carbocycles. The topological polar surface area (TPSA) is 66.8 Å². The number of ether oxygens (including phenoxy) is 1. The van der Waals surface area contributed by atoms with Gasteiger partial charge < -0.3 is 14.7 Å². The van der Waals surface area contributed by atoms with Gasteiger partial charge in [0, 0.05) is 13.6 Å². The van der Waals surface area contributed by atoms with Gasteiger partial charge in [0.05, 0.1) is 5.92 Å². The molecular weight excluding hydrogens is 270 g/mol. The third kappa shape index (κ3) is 5.45. The highest BCUT2D eigenvalue weighted by Gasteiger charge is 2.17. The molecule has 1 aromatic carbocycles. The van der Waals surface area contributed by atoms with Crippen LogP contribution in [0.4, 0.5) is 0 Å². The molecule has 0 aliphatic heterocycles. The lowest BCUT2D eigenvalue weighted by molar-refractivity contribution is -0.143. The molecule has 0 aromatic heterocycles. The quantitative estimate of drug-likeness (QED) is 0.838. The fraction of sp³-hybridized carbons (Fsp3) is 0.500. The number of benzene rings is 1. The zero-order valence-corrected chi connectivity index (χ0v) is 13.0. The second kappa shape index (κ2) is 7.67. The maximum absolute atomic E-state index is 11.9. The highest BCUT2D eigenvalue weighted by molar-refractivity contribution is 5.78. The van der Waals surface area contributed by atoms with Crippen LogP contribution in [0.1, 0.15) is 32.3 Å². The smallest absolute Gasteiger partial charge is 0.308 e. The number of hydrogen-bond donors (Lipinski definition) is 1. The minimum Gasteiger partial charge on any atom is -0.484 e. The van der Waals surface area contributed by atoms with Gasteiger partial charge in [-0.1, -0.05) is 32.9 Å². The van der Waals surface area contributed by atoms with Crippen LogP contribution in [0.15, 0.2) is 24.3 Å². The van der Waals surface area contributed by atoms with E-state index in [1.54, 1.807) is 20.0 Å². The molecule has 21 heavy (non-hydrogen) atoms. The third-order valence-corrected chi connectivity index (χ3v) is 3.28. The SMILES string of the molecule is CC(CN(C)C(=O)COc1cccc(C(C)C)c1)C(=O)O. The second-order valence-corrected chi connectivity index (χ2v) is 5.53. The number of carboxylic acid groups (broad SMARTS) is 1. The number of carboxylic acids is 1. The minimum atomic E-state index is -0.916. The molecule has 0 aliphatic carbocycles. The van der Waals surface area contributed by atoms with Gasteiger partial charge in [0.15, 0.2) is 6.61 Å². The summed E-state index contributed by atoms with van der Waals surface area (Å²) < 4.78 is 5.48. The standard InChI is InChI=1S/C16H23NO4/c1-11(2)13-6-5-7-14(8-13)21-10-15(18)17(4)9-12(3)16(19)20/h5-8,11-12H,9-10H2,1-4H3,(H,19,20). The first-order chi connectivity index (χ1) is 9.81. The largest absolute Gasteiger partial charge is 0.484 e. The van der Waals surface area contributed by atoms with Crippen molar-refractivity contribution < 1.29 is 19.4 Å². The third-order valence-electron chi connectivity index (χ3n) is 3.28. The van der Waals surface area contributed by atoms with E-state index in [4.69, 9.17) is 9.84 Å². The molecular formula is C16H23NO4. The monoisotopic (exact) mass is 293 g/mol. The first-order valence-electron chi connectivity index (χ1n) is 7.00. The molecule has 116 valence electrons. The van der Waals surface area contributed by atoms with Gasteiger partial charge in [-0.05, 0) is 23.6 Å². The first-order valence-corrected chi connectivity index (χ1v) is 7.00. The summed E-state index contributed by atoms with van der Waals surface area (Å²) in [5.41, 5.74) is 1.15. The summed E-state index contributed by atoms with van der Waals surface area (Å²) in [5, 5.41) is 8.83. The van der Waals surface area contributed by atoms with E-state index in [0.717, 1.165) is 5.56 Å². The van der Waals surface area contributed by atoms with Crippen LogP contribution in [0.3, 0.4) is 0 Å². The summed E-state index contributed by atoms with van der Waals surface area (Å²) in [4.78, 5) is 24.1. The maximum atomic E-state index is 11.9. The number of nitrogens with zero attached hydrogens (tertiary/aromatic N) is 1. The van der Waals surface area contributed by atoms with E-state index in [2.05, 4.69) is 13.8 Å². The summed E-state index contributed by atoms with van der Waals surface area (Å²) in [7, 11) is 1.58. The van der Waals surface area contributed by atoms with Crippen molar-refractivity contribution in [3.63, 3.8) is 0 Å². The predicted molar refractivity (Wildman–Crippen MR) is 80.5 cm³/mol. The highest BCUT2D eigenvalue weighted by atomic mass is 16.5. The van der Waals surface area contributed by atoms with E-state index in [0.29, 0.717) is 11.7 Å². The summed E-state index contributed by atoms with van der Waals surface area (Å²) in [5.74, 6) is -0.709. The molecule has 0 heterocycles. The Morgan fingerprint density at radius 1 is 1.29 bits per heavy atom. The Morgan fingerprint density at radius 3 is 2.52 bits per heavy atom. The maximum Gasteiger partial charge on any atom is 0.308 e. The molecule has 5 heteroatoms. The van der Waals surface area contributed by atoms with Gasteiger partial charge in [0.1, 0.15) is 5.75 Å². The molecule has 0 bridgehead atoms. The summed E-state index contributed by atoms with van der Waals surface area (Å²) >= 11 is 0. The lowest BCUT2D eigenvalue weighted by Gasteiger charge is -2.19. The average Bonchev–Trinajstić information content (AvgIpc) is 2.44. The van der Waals surface area contributed by atoms with Crippen LogP contribution in [0.25, 0.3) is 0 Å². The molecule has 1 amide bonds. The Morgan fingerprint density at radius 2 is 1.95 bits per heavy atom. The number of aliphatic carboxylic acids is 1. The number of amides is 1. The van der Waals surface area contributed by atoms with Crippen LogP contribution in [-0.4, -0.2) is 42.1 Å². The number of likely N-dealkylation sites (N-methyl/N-ethyl adjacent to an activating group) is 1. The number of carbonyl (C=O) groups is 2. The molecule has 5 nitrogen and oxygen atoms in total. The molecule has 1 atom stereocenters. The number of carbonyl (C=O) groups excluding carboxylic acids is 1. The van der Waals surface area contributed by atoms with Crippen molar-refractivity contribution in [3.8, 4) is 5.75 Å². The normalized spacial score (nSPS) is 12.0. The van der Waals surface area contributed by atoms with E-state index >= 15 is 0 Å². The van der Waals surface area contributed by atoms with Crippen LogP contribution in [0.5, 0.6) is 5.75 Å². The summed E-state index contributed by atoms with van der Waals surface area (Å²) in [6.45, 7) is 5.82. The van der Waals surface area contributed by atoms with E-state index in [9.17, 15) is 9.59 Å². The van der Waals surface area contributed by atoms with Crippen LogP contribution in [0, 0.1) is 5.92 Å². The van der Waals surface area contributed by atoms with Crippen LogP contribution in [0.2, 0.25) is 0 Å². The molecule has 0 radical (unpaired) electrons. The molecule has 0 fully saturated rings. The molecule has 1 rings (SSSR count). The molecule has 0 spiro atoms. The Balaban J connectivity index is 2.52. The molecule has 1 unspecified atom stereocenters. The van der Waals surface area contributed by atoms with Gasteiger partial charge in [-0.15, -0.1) is 0 Å². The summed E-state index contributed by atoms with van der Waals surface area (Å²) in [6, 6.07) is 7.63. The zero-order chi connectivity index (χ0) is 16.0. The fourth-order valence-electron chi connectivity index (χ4n) is 1.81. The van der Waals surface area contributed by atoms with E-state index < -0.39 is 11.9 Å². The van der Waals surface area contributed by atoms with Crippen LogP contribution < -0.4 is 4.74 Å². The lowest BCUT2D eigenvalue weighted by Crippen LogP contribution is -2.36. The fourth-order valence-corrected chi connectivity index (χ4v) is 1.81. The summed E-state index contributed by atoms with van der Waals surface area (Å²) in [6.07, 6.45) is 0. The number of rotatable bonds is 7. The van der Waals surface area contributed by atoms with E-state index in [-0.39, 0.29) is 19.1 Å². The second-order valence-electron chi connectivity index (χ2n) is 5.53. The van der Waals surface area contributed by atoms with Gasteiger partial charge in [-0.2, -0.15) is 0 Å². The van der Waals surface area contributed by atoms with Gasteiger partial charge >= 0.3 is 5.97 Å². The predicted octanol–water partition coefficient (Wildman–Crippen LogP) is 2.37. The van der Waals surface area contributed by atoms with Crippen LogP contribution in [-0.2, 0) is 9.59 Å². The Kier molecular flexibility index (Phi) is 6.21. The number of hydrogen-bond acceptors (Lipinski definition) is 3. The van der Waals surface area contributed by atoms with Gasteiger partial charge in [-0.3, -0.25) is 9.59 Å². The van der Waals surface area contributed by atoms with Crippen molar-refractivity contribution in [1.29, 1.82) is 0 Å². The molecule has 1 N–H and O–H groups in total. The Hall–Kier alpha value is -2.04. The average molecular weight is 293 g/mol. The first kappa shape index (κ1) is 17.0. The minimum absolute atomic E-state index is 0.0929. The highest BCUT2D eigenvalue weighted by Crippen LogP contribution is 2.20. The molecule has 0 saturated heterocycles. The Bertz CT molecular complexity index is 499.